The maximum Gasteiger partial charge on any atom is 0.256 e. The van der Waals surface area contributed by atoms with Crippen LogP contribution in [0.4, 0.5) is 0 Å². The zero-order chi connectivity index (χ0) is 11.4. The third-order valence-corrected chi connectivity index (χ3v) is 2.77. The Morgan fingerprint density at radius 1 is 1.33 bits per heavy atom. The van der Waals surface area contributed by atoms with E-state index in [1.807, 2.05) is 0 Å². The molecule has 1 atom stereocenters. The van der Waals surface area contributed by atoms with E-state index in [0.717, 1.165) is 0 Å². The summed E-state index contributed by atoms with van der Waals surface area (Å²) < 4.78 is 22.2. The minimum Gasteiger partial charge on any atom is -0.309 e. The minimum absolute atomic E-state index is 0.114. The molecule has 5 nitrogen and oxygen atoms in total. The summed E-state index contributed by atoms with van der Waals surface area (Å²) in [5.41, 5.74) is 0. The van der Waals surface area contributed by atoms with Crippen LogP contribution in [0.15, 0.2) is 38.2 Å². The molecular weight excluding hydrogens is 214 g/mol. The summed E-state index contributed by atoms with van der Waals surface area (Å²) >= 11 is 0. The first-order chi connectivity index (χ1) is 7.15. The van der Waals surface area contributed by atoms with Gasteiger partial charge in [-0.1, -0.05) is 25.8 Å². The highest BCUT2D eigenvalue weighted by molar-refractivity contribution is 7.72. The second-order valence-electron chi connectivity index (χ2n) is 2.80. The van der Waals surface area contributed by atoms with Crippen LogP contribution in [0.25, 0.3) is 0 Å². The van der Waals surface area contributed by atoms with E-state index in [-0.39, 0.29) is 11.3 Å². The van der Waals surface area contributed by atoms with Gasteiger partial charge >= 0.3 is 0 Å². The molecule has 15 heavy (non-hydrogen) atoms. The lowest BCUT2D eigenvalue weighted by atomic mass is 10.4. The molecule has 1 fully saturated rings. The molecule has 1 N–H and O–H groups in total. The molecule has 1 saturated heterocycles. The van der Waals surface area contributed by atoms with Gasteiger partial charge in [-0.05, 0) is 0 Å². The molecule has 0 aromatic rings. The van der Waals surface area contributed by atoms with Crippen LogP contribution in [-0.4, -0.2) is 36.2 Å². The molecule has 82 valence electrons. The molecule has 1 aliphatic heterocycles. The lowest BCUT2D eigenvalue weighted by Crippen LogP contribution is -2.58. The molecule has 0 bridgehead atoms. The zero-order valence-electron chi connectivity index (χ0n) is 8.26. The molecule has 0 radical (unpaired) electrons. The van der Waals surface area contributed by atoms with E-state index in [4.69, 9.17) is 0 Å². The summed E-state index contributed by atoms with van der Waals surface area (Å²) in [4.78, 5) is 2.95. The van der Waals surface area contributed by atoms with Crippen molar-refractivity contribution >= 4 is 15.4 Å². The topological polar surface area (TPSA) is 52.7 Å². The van der Waals surface area contributed by atoms with Crippen molar-refractivity contribution in [2.75, 3.05) is 6.67 Å². The molecule has 0 spiro atoms. The van der Waals surface area contributed by atoms with E-state index in [1.54, 1.807) is 6.08 Å². The van der Waals surface area contributed by atoms with Gasteiger partial charge in [0.25, 0.3) is 10.3 Å². The molecule has 0 amide bonds. The van der Waals surface area contributed by atoms with Crippen LogP contribution in [0.1, 0.15) is 0 Å². The van der Waals surface area contributed by atoms with E-state index in [2.05, 4.69) is 25.1 Å². The van der Waals surface area contributed by atoms with Crippen molar-refractivity contribution in [1.29, 1.82) is 0 Å². The van der Waals surface area contributed by atoms with Gasteiger partial charge in [-0.2, -0.15) is 8.42 Å². The van der Waals surface area contributed by atoms with Crippen molar-refractivity contribution in [2.45, 2.75) is 6.17 Å². The molecular formula is C9H13N3O2S. The average molecular weight is 227 g/mol. The molecule has 0 aromatic carbocycles. The summed E-state index contributed by atoms with van der Waals surface area (Å²) in [7, 11) is -2.35. The molecule has 0 saturated carbocycles. The number of nitrogens with zero attached hydrogens (tertiary/aromatic N) is 2. The predicted molar refractivity (Wildman–Crippen MR) is 60.0 cm³/mol. The molecule has 0 aliphatic carbocycles. The Kier molecular flexibility index (Phi) is 3.70. The summed E-state index contributed by atoms with van der Waals surface area (Å²) in [5, 5.41) is 3.17. The van der Waals surface area contributed by atoms with Crippen molar-refractivity contribution in [2.24, 2.45) is 0 Å². The van der Waals surface area contributed by atoms with Gasteiger partial charge in [-0.25, -0.2) is 0 Å². The average Bonchev–Trinajstić information content (AvgIpc) is 2.26. The van der Waals surface area contributed by atoms with Gasteiger partial charge in [-0.15, -0.1) is 0 Å². The first-order valence-electron chi connectivity index (χ1n) is 4.28. The van der Waals surface area contributed by atoms with Crippen LogP contribution in [0, 0.1) is 0 Å². The van der Waals surface area contributed by atoms with Gasteiger partial charge in [-0.3, -0.25) is 5.32 Å². The van der Waals surface area contributed by atoms with Gasteiger partial charge in [0.2, 0.25) is 5.11 Å². The summed E-state index contributed by atoms with van der Waals surface area (Å²) in [5.74, 6) is 0. The third kappa shape index (κ3) is 2.11. The smallest absolute Gasteiger partial charge is 0.256 e. The summed E-state index contributed by atoms with van der Waals surface area (Å²) in [6.45, 7) is 11.1. The third-order valence-electron chi connectivity index (χ3n) is 2.03. The lowest BCUT2D eigenvalue weighted by Gasteiger charge is -2.39. The van der Waals surface area contributed by atoms with E-state index in [1.165, 1.54) is 22.2 Å². The summed E-state index contributed by atoms with van der Waals surface area (Å²) in [6.07, 6.45) is 4.20. The number of rotatable bonds is 3. The highest BCUT2D eigenvalue weighted by Crippen LogP contribution is 2.09. The molecule has 0 aromatic heterocycles. The van der Waals surface area contributed by atoms with Crippen LogP contribution in [0.2, 0.25) is 0 Å². The second kappa shape index (κ2) is 4.81. The van der Waals surface area contributed by atoms with Gasteiger partial charge in [0.15, 0.2) is 0 Å². The molecule has 1 heterocycles. The van der Waals surface area contributed by atoms with Crippen molar-refractivity contribution in [3.8, 4) is 0 Å². The minimum atomic E-state index is -2.35. The van der Waals surface area contributed by atoms with Crippen molar-refractivity contribution in [1.82, 2.24) is 15.1 Å². The summed E-state index contributed by atoms with van der Waals surface area (Å²) in [6, 6.07) is 0. The fourth-order valence-electron chi connectivity index (χ4n) is 1.34. The highest BCUT2D eigenvalue weighted by Gasteiger charge is 2.27. The first kappa shape index (κ1) is 11.5. The van der Waals surface area contributed by atoms with Crippen molar-refractivity contribution in [3.63, 3.8) is 0 Å². The van der Waals surface area contributed by atoms with Gasteiger partial charge in [0, 0.05) is 12.4 Å². The van der Waals surface area contributed by atoms with Crippen LogP contribution in [-0.2, 0) is 10.3 Å². The maximum absolute atomic E-state index is 11.1. The van der Waals surface area contributed by atoms with E-state index >= 15 is 0 Å². The Bertz CT molecular complexity index is 405. The normalized spacial score (nSPS) is 21.1. The Labute approximate surface area is 90.5 Å². The standard InChI is InChI=1S/C9H13N3O2S/c1-4-8-10-7-11(5-2)9(15(13)14)12(8)6-3/h4-6,8,10H,1-3,7H2. The van der Waals surface area contributed by atoms with Crippen LogP contribution < -0.4 is 5.32 Å². The van der Waals surface area contributed by atoms with Gasteiger partial charge < -0.3 is 9.80 Å². The van der Waals surface area contributed by atoms with Crippen LogP contribution in [0.5, 0.6) is 0 Å². The largest absolute Gasteiger partial charge is 0.309 e. The quantitative estimate of drug-likeness (QED) is 0.540. The molecule has 6 heteroatoms. The first-order valence-corrected chi connectivity index (χ1v) is 5.35. The maximum atomic E-state index is 11.1. The predicted octanol–water partition coefficient (Wildman–Crippen LogP) is -0.0833. The highest BCUT2D eigenvalue weighted by atomic mass is 32.2. The lowest BCUT2D eigenvalue weighted by molar-refractivity contribution is 0.274. The number of hydrogen-bond acceptors (Lipinski definition) is 3. The SMILES string of the molecule is C=CC1NCN(C=C)C(=S(=O)=O)N1C=C. The Balaban J connectivity index is 3.22. The Hall–Kier alpha value is -1.53. The molecule has 1 rings (SSSR count). The van der Waals surface area contributed by atoms with Crippen molar-refractivity contribution < 1.29 is 8.42 Å². The fourth-order valence-corrected chi connectivity index (χ4v) is 2.03. The van der Waals surface area contributed by atoms with Gasteiger partial charge in [0.05, 0.1) is 6.67 Å². The fraction of sp³-hybridized carbons (Fsp3) is 0.222. The monoisotopic (exact) mass is 227 g/mol. The van der Waals surface area contributed by atoms with Crippen molar-refractivity contribution in [3.05, 3.63) is 38.2 Å². The van der Waals surface area contributed by atoms with E-state index < -0.39 is 10.3 Å². The van der Waals surface area contributed by atoms with Crippen LogP contribution in [0.3, 0.4) is 0 Å². The molecule has 1 aliphatic rings. The number of hydrogen-bond donors (Lipinski definition) is 1. The molecule has 1 unspecified atom stereocenters. The van der Waals surface area contributed by atoms with Gasteiger partial charge in [0.1, 0.15) is 6.17 Å². The van der Waals surface area contributed by atoms with Crippen LogP contribution >= 0.6 is 0 Å². The van der Waals surface area contributed by atoms with E-state index in [0.29, 0.717) is 6.67 Å². The Morgan fingerprint density at radius 3 is 2.40 bits per heavy atom. The number of nitrogens with one attached hydrogen (secondary N) is 1. The van der Waals surface area contributed by atoms with E-state index in [9.17, 15) is 8.42 Å². The Morgan fingerprint density at radius 2 is 2.00 bits per heavy atom. The second-order valence-corrected chi connectivity index (χ2v) is 3.64. The zero-order valence-corrected chi connectivity index (χ0v) is 9.07.